The fourth-order valence-corrected chi connectivity index (χ4v) is 4.62. The first-order chi connectivity index (χ1) is 9.73. The quantitative estimate of drug-likeness (QED) is 0.777. The van der Waals surface area contributed by atoms with Gasteiger partial charge in [-0.2, -0.15) is 17.5 Å². The van der Waals surface area contributed by atoms with Crippen molar-refractivity contribution in [3.63, 3.8) is 0 Å². The second kappa shape index (κ2) is 6.39. The van der Waals surface area contributed by atoms with Crippen molar-refractivity contribution in [2.75, 3.05) is 39.4 Å². The number of hydrogen-bond donors (Lipinski definition) is 0. The molecule has 0 spiro atoms. The van der Waals surface area contributed by atoms with Gasteiger partial charge in [0.05, 0.1) is 5.25 Å². The van der Waals surface area contributed by atoms with E-state index in [-0.39, 0.29) is 26.2 Å². The van der Waals surface area contributed by atoms with Crippen LogP contribution in [0.25, 0.3) is 0 Å². The molecule has 0 radical (unpaired) electrons. The smallest absolute Gasteiger partial charge is 0.381 e. The Balaban J connectivity index is 1.94. The van der Waals surface area contributed by atoms with Gasteiger partial charge in [0, 0.05) is 39.4 Å². The van der Waals surface area contributed by atoms with E-state index in [1.807, 2.05) is 0 Å². The molecule has 21 heavy (non-hydrogen) atoms. The highest BCUT2D eigenvalue weighted by Gasteiger charge is 2.42. The average Bonchev–Trinajstić information content (AvgIpc) is 2.46. The molecule has 0 amide bonds. The van der Waals surface area contributed by atoms with Gasteiger partial charge < -0.3 is 4.74 Å². The number of rotatable bonds is 3. The lowest BCUT2D eigenvalue weighted by molar-refractivity contribution is -0.181. The zero-order valence-corrected chi connectivity index (χ0v) is 12.8. The van der Waals surface area contributed by atoms with Crippen LogP contribution >= 0.6 is 0 Å². The van der Waals surface area contributed by atoms with Crippen LogP contribution < -0.4 is 0 Å². The molecule has 2 aliphatic rings. The highest BCUT2D eigenvalue weighted by atomic mass is 32.2. The second-order valence-corrected chi connectivity index (χ2v) is 7.72. The second-order valence-electron chi connectivity index (χ2n) is 5.51. The van der Waals surface area contributed by atoms with Crippen LogP contribution in [0.2, 0.25) is 0 Å². The number of halogens is 3. The van der Waals surface area contributed by atoms with Crippen LogP contribution in [-0.4, -0.2) is 74.5 Å². The molecule has 0 aromatic heterocycles. The van der Waals surface area contributed by atoms with Gasteiger partial charge in [-0.05, 0) is 19.8 Å². The summed E-state index contributed by atoms with van der Waals surface area (Å²) in [6.45, 7) is 2.44. The van der Waals surface area contributed by atoms with Crippen LogP contribution in [0.1, 0.15) is 19.8 Å². The standard InChI is InChI=1S/C12H21F3N2O3S/c1-10(12(13,14)15)16-4-6-17(7-5-16)21(18,19)11-2-8-20-9-3-11/h10-11H,2-9H2,1H3. The molecule has 124 valence electrons. The van der Waals surface area contributed by atoms with E-state index in [9.17, 15) is 21.6 Å². The molecule has 9 heteroatoms. The Morgan fingerprint density at radius 2 is 1.62 bits per heavy atom. The number of sulfonamides is 1. The van der Waals surface area contributed by atoms with Crippen molar-refractivity contribution in [2.45, 2.75) is 37.2 Å². The van der Waals surface area contributed by atoms with Crippen LogP contribution in [0, 0.1) is 0 Å². The number of piperazine rings is 1. The summed E-state index contributed by atoms with van der Waals surface area (Å²) in [5.74, 6) is 0. The Hall–Kier alpha value is -0.380. The largest absolute Gasteiger partial charge is 0.403 e. The predicted molar refractivity (Wildman–Crippen MR) is 71.4 cm³/mol. The minimum atomic E-state index is -4.28. The summed E-state index contributed by atoms with van der Waals surface area (Å²) >= 11 is 0. The van der Waals surface area contributed by atoms with Crippen molar-refractivity contribution in [2.24, 2.45) is 0 Å². The lowest BCUT2D eigenvalue weighted by Crippen LogP contribution is -2.56. The monoisotopic (exact) mass is 330 g/mol. The summed E-state index contributed by atoms with van der Waals surface area (Å²) in [4.78, 5) is 1.29. The molecule has 0 aromatic carbocycles. The molecule has 0 aromatic rings. The summed E-state index contributed by atoms with van der Waals surface area (Å²) in [7, 11) is -3.42. The molecule has 1 unspecified atom stereocenters. The summed E-state index contributed by atoms with van der Waals surface area (Å²) in [5.41, 5.74) is 0. The molecule has 0 aliphatic carbocycles. The van der Waals surface area contributed by atoms with Crippen LogP contribution in [0.5, 0.6) is 0 Å². The SMILES string of the molecule is CC(N1CCN(S(=O)(=O)C2CCOCC2)CC1)C(F)(F)F. The molecule has 2 rings (SSSR count). The van der Waals surface area contributed by atoms with E-state index in [4.69, 9.17) is 4.74 Å². The van der Waals surface area contributed by atoms with Crippen LogP contribution in [-0.2, 0) is 14.8 Å². The third-order valence-corrected chi connectivity index (χ3v) is 6.64. The van der Waals surface area contributed by atoms with Crippen molar-refractivity contribution >= 4 is 10.0 Å². The third-order valence-electron chi connectivity index (χ3n) is 4.24. The molecular formula is C12H21F3N2O3S. The lowest BCUT2D eigenvalue weighted by atomic mass is 10.2. The van der Waals surface area contributed by atoms with Gasteiger partial charge in [0.1, 0.15) is 6.04 Å². The number of ether oxygens (including phenoxy) is 1. The average molecular weight is 330 g/mol. The summed E-state index contributed by atoms with van der Waals surface area (Å²) in [6, 6.07) is -1.54. The third kappa shape index (κ3) is 3.88. The Morgan fingerprint density at radius 3 is 2.10 bits per heavy atom. The first kappa shape index (κ1) is 17.0. The van der Waals surface area contributed by atoms with Gasteiger partial charge in [-0.3, -0.25) is 4.90 Å². The van der Waals surface area contributed by atoms with E-state index in [2.05, 4.69) is 0 Å². The van der Waals surface area contributed by atoms with Crippen LogP contribution in [0.3, 0.4) is 0 Å². The van der Waals surface area contributed by atoms with E-state index >= 15 is 0 Å². The van der Waals surface area contributed by atoms with Gasteiger partial charge in [-0.1, -0.05) is 0 Å². The minimum absolute atomic E-state index is 0.114. The van der Waals surface area contributed by atoms with E-state index in [1.54, 1.807) is 0 Å². The first-order valence-electron chi connectivity index (χ1n) is 7.10. The van der Waals surface area contributed by atoms with Crippen LogP contribution in [0.4, 0.5) is 13.2 Å². The van der Waals surface area contributed by atoms with Gasteiger partial charge in [-0.15, -0.1) is 0 Å². The number of alkyl halides is 3. The maximum atomic E-state index is 12.7. The molecule has 5 nitrogen and oxygen atoms in total. The maximum absolute atomic E-state index is 12.7. The molecular weight excluding hydrogens is 309 g/mol. The zero-order chi connectivity index (χ0) is 15.7. The van der Waals surface area contributed by atoms with E-state index in [0.29, 0.717) is 26.1 Å². The summed E-state index contributed by atoms with van der Waals surface area (Å²) in [5, 5.41) is -0.460. The highest BCUT2D eigenvalue weighted by Crippen LogP contribution is 2.27. The van der Waals surface area contributed by atoms with Crippen LogP contribution in [0.15, 0.2) is 0 Å². The normalized spacial score (nSPS) is 25.9. The summed E-state index contributed by atoms with van der Waals surface area (Å²) < 4.78 is 69.4. The molecule has 0 saturated carbocycles. The Bertz CT molecular complexity index is 441. The van der Waals surface area contributed by atoms with E-state index in [1.165, 1.54) is 9.21 Å². The lowest BCUT2D eigenvalue weighted by Gasteiger charge is -2.39. The highest BCUT2D eigenvalue weighted by molar-refractivity contribution is 7.89. The van der Waals surface area contributed by atoms with Gasteiger partial charge in [0.25, 0.3) is 0 Å². The molecule has 2 heterocycles. The van der Waals surface area contributed by atoms with Gasteiger partial charge in [0.2, 0.25) is 10.0 Å². The molecule has 1 atom stereocenters. The Kier molecular flexibility index (Phi) is 5.17. The summed E-state index contributed by atoms with van der Waals surface area (Å²) in [6.07, 6.45) is -3.36. The first-order valence-corrected chi connectivity index (χ1v) is 8.60. The Labute approximate surface area is 123 Å². The van der Waals surface area contributed by atoms with Gasteiger partial charge in [0.15, 0.2) is 0 Å². The molecule has 2 aliphatic heterocycles. The van der Waals surface area contributed by atoms with Crippen molar-refractivity contribution in [3.05, 3.63) is 0 Å². The molecule has 0 bridgehead atoms. The number of hydrogen-bond acceptors (Lipinski definition) is 4. The van der Waals surface area contributed by atoms with Crippen molar-refractivity contribution in [1.29, 1.82) is 0 Å². The zero-order valence-electron chi connectivity index (χ0n) is 12.0. The van der Waals surface area contributed by atoms with Crippen molar-refractivity contribution < 1.29 is 26.3 Å². The minimum Gasteiger partial charge on any atom is -0.381 e. The van der Waals surface area contributed by atoms with Crippen molar-refractivity contribution in [3.8, 4) is 0 Å². The fraction of sp³-hybridized carbons (Fsp3) is 1.00. The predicted octanol–water partition coefficient (Wildman–Crippen LogP) is 1.06. The molecule has 2 fully saturated rings. The van der Waals surface area contributed by atoms with Gasteiger partial charge >= 0.3 is 6.18 Å². The van der Waals surface area contributed by atoms with E-state index < -0.39 is 27.5 Å². The fourth-order valence-electron chi connectivity index (χ4n) is 2.74. The van der Waals surface area contributed by atoms with E-state index in [0.717, 1.165) is 6.92 Å². The topological polar surface area (TPSA) is 49.9 Å². The molecule has 0 N–H and O–H groups in total. The Morgan fingerprint density at radius 1 is 1.10 bits per heavy atom. The maximum Gasteiger partial charge on any atom is 0.403 e. The number of nitrogens with zero attached hydrogens (tertiary/aromatic N) is 2. The van der Waals surface area contributed by atoms with Gasteiger partial charge in [-0.25, -0.2) is 8.42 Å². The molecule has 2 saturated heterocycles. The van der Waals surface area contributed by atoms with Crippen molar-refractivity contribution in [1.82, 2.24) is 9.21 Å².